The van der Waals surface area contributed by atoms with E-state index in [2.05, 4.69) is 5.48 Å². The first kappa shape index (κ1) is 17.8. The highest BCUT2D eigenvalue weighted by atomic mass is 16.8. The Bertz CT molecular complexity index is 481. The van der Waals surface area contributed by atoms with Gasteiger partial charge in [0.2, 0.25) is 0 Å². The largest absolute Gasteiger partial charge is 0.359 e. The molecule has 7 nitrogen and oxygen atoms in total. The molecule has 128 valence electrons. The van der Waals surface area contributed by atoms with E-state index in [1.807, 2.05) is 30.3 Å². The minimum Gasteiger partial charge on any atom is -0.359 e. The first-order valence-electron chi connectivity index (χ1n) is 7.40. The zero-order chi connectivity index (χ0) is 16.7. The van der Waals surface area contributed by atoms with Gasteiger partial charge in [-0.05, 0) is 26.0 Å². The number of hydrogen-bond donors (Lipinski definition) is 1. The molecule has 0 amide bonds. The fraction of sp³-hybridized carbons (Fsp3) is 0.562. The Labute approximate surface area is 135 Å². The lowest BCUT2D eigenvalue weighted by atomic mass is 10.1. The maximum Gasteiger partial charge on any atom is 0.169 e. The molecule has 1 N–H and O–H groups in total. The highest BCUT2D eigenvalue weighted by Crippen LogP contribution is 2.27. The molecule has 3 atom stereocenters. The summed E-state index contributed by atoms with van der Waals surface area (Å²) in [5.41, 5.74) is 3.48. The quantitative estimate of drug-likeness (QED) is 0.421. The van der Waals surface area contributed by atoms with Gasteiger partial charge in [-0.3, -0.25) is 10.3 Å². The molecule has 0 aromatic heterocycles. The predicted octanol–water partition coefficient (Wildman–Crippen LogP) is 1.74. The molecule has 1 heterocycles. The molecule has 1 aromatic rings. The molecule has 1 fully saturated rings. The number of para-hydroxylation sites is 1. The number of nitrogens with one attached hydrogen (secondary N) is 1. The number of methoxy groups -OCH3 is 1. The maximum absolute atomic E-state index is 11.5. The van der Waals surface area contributed by atoms with E-state index in [4.69, 9.17) is 23.8 Å². The van der Waals surface area contributed by atoms with Crippen LogP contribution in [0.1, 0.15) is 13.8 Å². The number of carbonyl (C=O) groups is 1. The molecule has 0 saturated carbocycles. The number of anilines is 1. The van der Waals surface area contributed by atoms with Gasteiger partial charge in [0.15, 0.2) is 18.2 Å². The second kappa shape index (κ2) is 8.37. The van der Waals surface area contributed by atoms with Crippen molar-refractivity contribution in [3.63, 3.8) is 0 Å². The molecule has 2 rings (SSSR count). The molecule has 0 aliphatic carbocycles. The lowest BCUT2D eigenvalue weighted by Gasteiger charge is -2.28. The van der Waals surface area contributed by atoms with E-state index in [1.165, 1.54) is 7.11 Å². The Morgan fingerprint density at radius 3 is 2.70 bits per heavy atom. The fourth-order valence-electron chi connectivity index (χ4n) is 2.25. The number of aldehydes is 1. The van der Waals surface area contributed by atoms with Crippen molar-refractivity contribution in [1.29, 1.82) is 0 Å². The molecule has 0 spiro atoms. The summed E-state index contributed by atoms with van der Waals surface area (Å²) in [7, 11) is 1.51. The number of ether oxygens (including phenoxy) is 4. The summed E-state index contributed by atoms with van der Waals surface area (Å²) in [6.07, 6.45) is -1.31. The van der Waals surface area contributed by atoms with Crippen molar-refractivity contribution in [1.82, 2.24) is 0 Å². The highest BCUT2D eigenvalue weighted by Gasteiger charge is 2.42. The number of rotatable bonds is 9. The monoisotopic (exact) mass is 325 g/mol. The van der Waals surface area contributed by atoms with Crippen LogP contribution in [-0.2, 0) is 28.6 Å². The molecular weight excluding hydrogens is 302 g/mol. The lowest BCUT2D eigenvalue weighted by molar-refractivity contribution is -0.189. The first-order valence-corrected chi connectivity index (χ1v) is 7.40. The normalized spacial score (nSPS) is 22.5. The van der Waals surface area contributed by atoms with Gasteiger partial charge < -0.3 is 23.7 Å². The third-order valence-electron chi connectivity index (χ3n) is 3.32. The van der Waals surface area contributed by atoms with Crippen LogP contribution in [-0.4, -0.2) is 50.9 Å². The highest BCUT2D eigenvalue weighted by molar-refractivity contribution is 5.58. The molecule has 7 heteroatoms. The number of hydrogen-bond acceptors (Lipinski definition) is 7. The van der Waals surface area contributed by atoms with Crippen molar-refractivity contribution in [3.8, 4) is 0 Å². The van der Waals surface area contributed by atoms with Gasteiger partial charge in [-0.25, -0.2) is 0 Å². The molecule has 0 unspecified atom stereocenters. The topological polar surface area (TPSA) is 75.3 Å². The minimum atomic E-state index is -0.882. The molecule has 1 saturated heterocycles. The molecular formula is C16H23NO6. The molecule has 1 aromatic carbocycles. The molecule has 1 aliphatic heterocycles. The van der Waals surface area contributed by atoms with Crippen molar-refractivity contribution < 1.29 is 28.6 Å². The Morgan fingerprint density at radius 1 is 1.39 bits per heavy atom. The zero-order valence-electron chi connectivity index (χ0n) is 13.6. The van der Waals surface area contributed by atoms with Crippen LogP contribution in [0.4, 0.5) is 5.69 Å². The Balaban J connectivity index is 2.01. The average Bonchev–Trinajstić information content (AvgIpc) is 2.91. The standard InChI is InChI=1S/C16H23NO6/c1-16(2)21-10-14(22-16)15(20-11-19-3)13(9-18)23-17-12-7-5-4-6-8-12/h4-9,13-15,17H,10-11H2,1-3H3/t13-,14-,15+/m1/s1. The van der Waals surface area contributed by atoms with Crippen LogP contribution in [0.3, 0.4) is 0 Å². The van der Waals surface area contributed by atoms with Crippen molar-refractivity contribution in [2.45, 2.75) is 37.9 Å². The third kappa shape index (κ3) is 5.26. The zero-order valence-corrected chi connectivity index (χ0v) is 13.6. The summed E-state index contributed by atoms with van der Waals surface area (Å²) in [6, 6.07) is 9.25. The van der Waals surface area contributed by atoms with E-state index >= 15 is 0 Å². The van der Waals surface area contributed by atoms with E-state index in [9.17, 15) is 4.79 Å². The summed E-state index contributed by atoms with van der Waals surface area (Å²) < 4.78 is 21.8. The molecule has 1 aliphatic rings. The van der Waals surface area contributed by atoms with Gasteiger partial charge >= 0.3 is 0 Å². The van der Waals surface area contributed by atoms with Crippen LogP contribution in [0.15, 0.2) is 30.3 Å². The fourth-order valence-corrected chi connectivity index (χ4v) is 2.25. The van der Waals surface area contributed by atoms with Gasteiger partial charge in [0, 0.05) is 7.11 Å². The summed E-state index contributed by atoms with van der Waals surface area (Å²) in [5, 5.41) is 0. The SMILES string of the molecule is COCO[C@@H]([C@@H](C=O)ONc1ccccc1)[C@H]1COC(C)(C)O1. The second-order valence-corrected chi connectivity index (χ2v) is 5.59. The Kier molecular flexibility index (Phi) is 6.49. The van der Waals surface area contributed by atoms with Crippen molar-refractivity contribution in [2.75, 3.05) is 26.0 Å². The van der Waals surface area contributed by atoms with E-state index < -0.39 is 24.1 Å². The molecule has 0 bridgehead atoms. The van der Waals surface area contributed by atoms with Crippen LogP contribution < -0.4 is 5.48 Å². The Hall–Kier alpha value is -1.51. The van der Waals surface area contributed by atoms with Crippen LogP contribution >= 0.6 is 0 Å². The van der Waals surface area contributed by atoms with Crippen LogP contribution in [0, 0.1) is 0 Å². The van der Waals surface area contributed by atoms with E-state index in [-0.39, 0.29) is 6.79 Å². The van der Waals surface area contributed by atoms with Gasteiger partial charge in [0.25, 0.3) is 0 Å². The third-order valence-corrected chi connectivity index (χ3v) is 3.32. The first-order chi connectivity index (χ1) is 11.1. The van der Waals surface area contributed by atoms with Crippen molar-refractivity contribution >= 4 is 12.0 Å². The van der Waals surface area contributed by atoms with Crippen LogP contribution in [0.2, 0.25) is 0 Å². The average molecular weight is 325 g/mol. The van der Waals surface area contributed by atoms with E-state index in [0.717, 1.165) is 5.69 Å². The van der Waals surface area contributed by atoms with E-state index in [0.29, 0.717) is 12.9 Å². The smallest absolute Gasteiger partial charge is 0.169 e. The summed E-state index contributed by atoms with van der Waals surface area (Å²) in [5.74, 6) is -0.723. The van der Waals surface area contributed by atoms with Gasteiger partial charge in [0.1, 0.15) is 19.0 Å². The number of benzene rings is 1. The number of carbonyl (C=O) groups excluding carboxylic acids is 1. The van der Waals surface area contributed by atoms with Gasteiger partial charge in [-0.1, -0.05) is 18.2 Å². The predicted molar refractivity (Wildman–Crippen MR) is 82.7 cm³/mol. The minimum absolute atomic E-state index is 0.0178. The van der Waals surface area contributed by atoms with E-state index in [1.54, 1.807) is 13.8 Å². The Morgan fingerprint density at radius 2 is 2.13 bits per heavy atom. The van der Waals surface area contributed by atoms with Gasteiger partial charge in [-0.15, -0.1) is 0 Å². The second-order valence-electron chi connectivity index (χ2n) is 5.59. The van der Waals surface area contributed by atoms with Crippen LogP contribution in [0.5, 0.6) is 0 Å². The maximum atomic E-state index is 11.5. The van der Waals surface area contributed by atoms with Crippen LogP contribution in [0.25, 0.3) is 0 Å². The summed E-state index contributed by atoms with van der Waals surface area (Å²) >= 11 is 0. The molecule has 23 heavy (non-hydrogen) atoms. The van der Waals surface area contributed by atoms with Gasteiger partial charge in [-0.2, -0.15) is 0 Å². The summed E-state index contributed by atoms with van der Waals surface area (Å²) in [6.45, 7) is 3.93. The molecule has 0 radical (unpaired) electrons. The van der Waals surface area contributed by atoms with Crippen molar-refractivity contribution in [2.24, 2.45) is 0 Å². The van der Waals surface area contributed by atoms with Crippen molar-refractivity contribution in [3.05, 3.63) is 30.3 Å². The summed E-state index contributed by atoms with van der Waals surface area (Å²) in [4.78, 5) is 16.9. The lowest BCUT2D eigenvalue weighted by Crippen LogP contribution is -2.45. The van der Waals surface area contributed by atoms with Gasteiger partial charge in [0.05, 0.1) is 12.3 Å².